The fraction of sp³-hybridized carbons (Fsp3) is 0.444. The Hall–Kier alpha value is -4.00. The second kappa shape index (κ2) is 16.0. The number of rotatable bonds is 15. The molecular weight excluding hydrogens is 532 g/mol. The molecule has 0 aliphatic carbocycles. The third kappa shape index (κ3) is 8.53. The Morgan fingerprint density at radius 1 is 0.698 bits per heavy atom. The molecule has 2 aromatic heterocycles. The lowest BCUT2D eigenvalue weighted by molar-refractivity contribution is -0.698. The summed E-state index contributed by atoms with van der Waals surface area (Å²) in [6.45, 7) is 8.49. The fourth-order valence-corrected chi connectivity index (χ4v) is 5.55. The standard InChI is InChI=1S/C36H50N6O/c1-7-10-11-12-13-14-23-42-27-25-40(5)36(42)34(43-6)38-32-21-17-30(18-22-32)28-29-15-19-31(20-16-29)37-33(8-2)35-39(4)24-26-41(35)9-3/h15-22,24-27H,7-14,23,28H2,1-6H3/q+2/b37-33+,38-34-. The van der Waals surface area contributed by atoms with Crippen molar-refractivity contribution in [2.24, 2.45) is 24.1 Å². The van der Waals surface area contributed by atoms with Crippen LogP contribution in [0.2, 0.25) is 0 Å². The number of aryl methyl sites for hydroxylation is 4. The summed E-state index contributed by atoms with van der Waals surface area (Å²) in [4.78, 5) is 9.87. The van der Waals surface area contributed by atoms with E-state index in [1.54, 1.807) is 7.11 Å². The zero-order chi connectivity index (χ0) is 30.6. The van der Waals surface area contributed by atoms with E-state index in [9.17, 15) is 0 Å². The Balaban J connectivity index is 1.41. The van der Waals surface area contributed by atoms with Crippen LogP contribution in [0.3, 0.4) is 0 Å². The van der Waals surface area contributed by atoms with Crippen molar-refractivity contribution >= 4 is 23.0 Å². The van der Waals surface area contributed by atoms with E-state index >= 15 is 0 Å². The third-order valence-electron chi connectivity index (χ3n) is 8.00. The molecule has 7 heteroatoms. The van der Waals surface area contributed by atoms with Crippen LogP contribution in [0.25, 0.3) is 0 Å². The first kappa shape index (κ1) is 31.9. The van der Waals surface area contributed by atoms with Crippen molar-refractivity contribution in [1.82, 2.24) is 9.13 Å². The van der Waals surface area contributed by atoms with Crippen LogP contribution in [0.5, 0.6) is 0 Å². The van der Waals surface area contributed by atoms with E-state index in [-0.39, 0.29) is 0 Å². The minimum absolute atomic E-state index is 0.633. The first-order valence-corrected chi connectivity index (χ1v) is 16.0. The number of hydrogen-bond donors (Lipinski definition) is 0. The van der Waals surface area contributed by atoms with E-state index < -0.39 is 0 Å². The Morgan fingerprint density at radius 3 is 1.84 bits per heavy atom. The summed E-state index contributed by atoms with van der Waals surface area (Å²) < 4.78 is 14.5. The Morgan fingerprint density at radius 2 is 1.26 bits per heavy atom. The molecule has 0 radical (unpaired) electrons. The van der Waals surface area contributed by atoms with E-state index in [1.165, 1.54) is 43.2 Å². The van der Waals surface area contributed by atoms with Gasteiger partial charge in [0.25, 0.3) is 0 Å². The van der Waals surface area contributed by atoms with Gasteiger partial charge < -0.3 is 4.74 Å². The molecule has 7 nitrogen and oxygen atoms in total. The van der Waals surface area contributed by atoms with Crippen molar-refractivity contribution in [3.8, 4) is 0 Å². The molecule has 43 heavy (non-hydrogen) atoms. The SMILES string of the molecule is CCCCCCCC[n+]1ccn(C)c1/C(=N/c1ccc(Cc2ccc(/N=C(\CC)c3n(C)cc[n+]3CC)cc2)cc1)OC. The maximum atomic E-state index is 5.79. The van der Waals surface area contributed by atoms with Gasteiger partial charge in [0.15, 0.2) is 0 Å². The van der Waals surface area contributed by atoms with Gasteiger partial charge in [-0.3, -0.25) is 0 Å². The zero-order valence-corrected chi connectivity index (χ0v) is 27.1. The molecule has 0 aliphatic rings. The highest BCUT2D eigenvalue weighted by molar-refractivity contribution is 5.98. The minimum Gasteiger partial charge on any atom is -0.475 e. The number of imidazole rings is 2. The van der Waals surface area contributed by atoms with Crippen LogP contribution in [-0.4, -0.2) is 27.9 Å². The van der Waals surface area contributed by atoms with Crippen LogP contribution in [0.4, 0.5) is 11.4 Å². The van der Waals surface area contributed by atoms with Crippen molar-refractivity contribution in [2.45, 2.75) is 85.2 Å². The fourth-order valence-electron chi connectivity index (χ4n) is 5.55. The van der Waals surface area contributed by atoms with Gasteiger partial charge in [-0.1, -0.05) is 63.8 Å². The van der Waals surface area contributed by atoms with Crippen LogP contribution >= 0.6 is 0 Å². The molecule has 228 valence electrons. The quantitative estimate of drug-likeness (QED) is 0.0635. The number of ether oxygens (including phenoxy) is 1. The summed E-state index contributed by atoms with van der Waals surface area (Å²) in [5.41, 5.74) is 5.46. The molecule has 0 amide bonds. The highest BCUT2D eigenvalue weighted by Gasteiger charge is 2.22. The molecule has 0 unspecified atom stereocenters. The lowest BCUT2D eigenvalue weighted by Gasteiger charge is -2.07. The van der Waals surface area contributed by atoms with Gasteiger partial charge in [0.2, 0.25) is 0 Å². The van der Waals surface area contributed by atoms with Gasteiger partial charge in [-0.25, -0.2) is 28.3 Å². The molecule has 4 aromatic rings. The monoisotopic (exact) mass is 582 g/mol. The van der Waals surface area contributed by atoms with Crippen LogP contribution in [0.1, 0.15) is 88.5 Å². The van der Waals surface area contributed by atoms with Gasteiger partial charge in [-0.15, -0.1) is 0 Å². The molecule has 0 fully saturated rings. The van der Waals surface area contributed by atoms with Crippen LogP contribution < -0.4 is 9.13 Å². The molecule has 0 bridgehead atoms. The third-order valence-corrected chi connectivity index (χ3v) is 8.00. The molecule has 0 saturated heterocycles. The normalized spacial score (nSPS) is 12.2. The highest BCUT2D eigenvalue weighted by atomic mass is 16.5. The zero-order valence-electron chi connectivity index (χ0n) is 27.1. The van der Waals surface area contributed by atoms with Crippen LogP contribution in [-0.2, 0) is 38.3 Å². The Kier molecular flexibility index (Phi) is 11.9. The van der Waals surface area contributed by atoms with E-state index in [2.05, 4.69) is 119 Å². The van der Waals surface area contributed by atoms with E-state index in [0.717, 1.165) is 61.1 Å². The van der Waals surface area contributed by atoms with Crippen LogP contribution in [0.15, 0.2) is 83.3 Å². The molecule has 0 atom stereocenters. The topological polar surface area (TPSA) is 51.6 Å². The second-order valence-corrected chi connectivity index (χ2v) is 11.3. The number of aliphatic imine (C=N–C) groups is 2. The van der Waals surface area contributed by atoms with Crippen molar-refractivity contribution in [3.63, 3.8) is 0 Å². The van der Waals surface area contributed by atoms with Crippen LogP contribution in [0, 0.1) is 0 Å². The molecule has 0 saturated carbocycles. The van der Waals surface area contributed by atoms with E-state index in [4.69, 9.17) is 14.7 Å². The number of unbranched alkanes of at least 4 members (excludes halogenated alkanes) is 5. The molecule has 0 spiro atoms. The number of benzene rings is 2. The number of methoxy groups -OCH3 is 1. The largest absolute Gasteiger partial charge is 0.475 e. The molecule has 2 aromatic carbocycles. The first-order chi connectivity index (χ1) is 21.0. The van der Waals surface area contributed by atoms with Gasteiger partial charge in [-0.05, 0) is 68.0 Å². The molecular formula is C36H50N6O+2. The van der Waals surface area contributed by atoms with Gasteiger partial charge in [0, 0.05) is 0 Å². The number of aromatic nitrogens is 4. The van der Waals surface area contributed by atoms with Gasteiger partial charge in [-0.2, -0.15) is 0 Å². The lowest BCUT2D eigenvalue weighted by Crippen LogP contribution is -2.40. The minimum atomic E-state index is 0.633. The summed E-state index contributed by atoms with van der Waals surface area (Å²) in [5.74, 6) is 2.78. The van der Waals surface area contributed by atoms with Gasteiger partial charge in [0.1, 0.15) is 30.5 Å². The van der Waals surface area contributed by atoms with Gasteiger partial charge in [0.05, 0.1) is 45.7 Å². The average molecular weight is 583 g/mol. The first-order valence-electron chi connectivity index (χ1n) is 16.0. The predicted molar refractivity (Wildman–Crippen MR) is 176 cm³/mol. The molecule has 0 aliphatic heterocycles. The van der Waals surface area contributed by atoms with Crippen molar-refractivity contribution in [2.75, 3.05) is 7.11 Å². The Bertz CT molecular complexity index is 1490. The summed E-state index contributed by atoms with van der Waals surface area (Å²) in [7, 11) is 5.83. The number of hydrogen-bond acceptors (Lipinski definition) is 3. The lowest BCUT2D eigenvalue weighted by atomic mass is 10.0. The summed E-state index contributed by atoms with van der Waals surface area (Å²) in [6.07, 6.45) is 17.8. The average Bonchev–Trinajstić information content (AvgIpc) is 3.59. The smallest absolute Gasteiger partial charge is 0.345 e. The summed E-state index contributed by atoms with van der Waals surface area (Å²) in [5, 5.41) is 0. The Labute approximate surface area is 258 Å². The highest BCUT2D eigenvalue weighted by Crippen LogP contribution is 2.20. The van der Waals surface area contributed by atoms with E-state index in [0.29, 0.717) is 5.90 Å². The molecule has 0 N–H and O–H groups in total. The summed E-state index contributed by atoms with van der Waals surface area (Å²) >= 11 is 0. The van der Waals surface area contributed by atoms with Crippen molar-refractivity contribution in [3.05, 3.63) is 96.1 Å². The maximum absolute atomic E-state index is 5.79. The molecule has 4 rings (SSSR count). The van der Waals surface area contributed by atoms with Gasteiger partial charge >= 0.3 is 17.5 Å². The van der Waals surface area contributed by atoms with Crippen molar-refractivity contribution < 1.29 is 13.9 Å². The molecule has 2 heterocycles. The second-order valence-electron chi connectivity index (χ2n) is 11.3. The van der Waals surface area contributed by atoms with Crippen molar-refractivity contribution in [1.29, 1.82) is 0 Å². The predicted octanol–water partition coefficient (Wildman–Crippen LogP) is 7.17. The number of nitrogens with zero attached hydrogens (tertiary/aromatic N) is 6. The maximum Gasteiger partial charge on any atom is 0.345 e. The summed E-state index contributed by atoms with van der Waals surface area (Å²) in [6, 6.07) is 17.1. The van der Waals surface area contributed by atoms with E-state index in [1.807, 2.05) is 7.05 Å².